The second-order valence-electron chi connectivity index (χ2n) is 36.8. The lowest BCUT2D eigenvalue weighted by molar-refractivity contribution is -0.146. The first-order valence-electron chi connectivity index (χ1n) is 40.1. The van der Waals surface area contributed by atoms with Crippen molar-refractivity contribution in [3.63, 3.8) is 0 Å². The highest BCUT2D eigenvalue weighted by Crippen LogP contribution is 2.25. The van der Waals surface area contributed by atoms with E-state index >= 15 is 0 Å². The number of rotatable bonds is 46. The van der Waals surface area contributed by atoms with Crippen molar-refractivity contribution in [2.24, 2.45) is 23.5 Å². The Hall–Kier alpha value is -10.6. The van der Waals surface area contributed by atoms with Crippen molar-refractivity contribution >= 4 is 118 Å². The van der Waals surface area contributed by atoms with Crippen molar-refractivity contribution in [3.05, 3.63) is 0 Å². The van der Waals surface area contributed by atoms with Crippen LogP contribution in [0.3, 0.4) is 0 Å². The van der Waals surface area contributed by atoms with Gasteiger partial charge < -0.3 is 111 Å². The number of aliphatic hydroxyl groups is 1. The van der Waals surface area contributed by atoms with Crippen LogP contribution in [0.1, 0.15) is 245 Å². The summed E-state index contributed by atoms with van der Waals surface area (Å²) >= 11 is 0. The smallest absolute Gasteiger partial charge is 0.303 e. The average Bonchev–Trinajstić information content (AvgIpc) is 1.39. The molecule has 21 N–H and O–H groups in total. The van der Waals surface area contributed by atoms with Gasteiger partial charge in [-0.3, -0.25) is 95.9 Å². The van der Waals surface area contributed by atoms with E-state index in [1.807, 2.05) is 0 Å². The molecule has 0 aromatic heterocycles. The normalized spacial score (nSPS) is 15.6. The number of nitrogens with zero attached hydrogens (tertiary/aromatic N) is 1. The summed E-state index contributed by atoms with van der Waals surface area (Å²) in [4.78, 5) is 271. The average molecular weight is 1710 g/mol. The Balaban J connectivity index is 3.15. The third-order valence-corrected chi connectivity index (χ3v) is 19.6. The van der Waals surface area contributed by atoms with Crippen LogP contribution >= 0.6 is 0 Å². The quantitative estimate of drug-likeness (QED) is 0.0286. The molecule has 0 spiro atoms. The maximum Gasteiger partial charge on any atom is 0.303 e. The van der Waals surface area contributed by atoms with Crippen LogP contribution in [0.15, 0.2) is 0 Å². The van der Waals surface area contributed by atoms with Crippen LogP contribution in [0.4, 0.5) is 0 Å². The molecule has 41 nitrogen and oxygen atoms in total. The number of carbonyl (C=O) groups excluding carboxylic acids is 19. The number of likely N-dealkylation sites (tertiary alicyclic amines) is 1. The van der Waals surface area contributed by atoms with E-state index in [-0.39, 0.29) is 50.0 Å². The third-order valence-electron chi connectivity index (χ3n) is 19.6. The molecule has 1 rings (SSSR count). The van der Waals surface area contributed by atoms with Crippen molar-refractivity contribution in [2.45, 2.75) is 349 Å². The zero-order chi connectivity index (χ0) is 93.6. The van der Waals surface area contributed by atoms with Crippen LogP contribution < -0.4 is 96.1 Å². The van der Waals surface area contributed by atoms with Crippen LogP contribution in [0.5, 0.6) is 0 Å². The number of hydrogen-bond acceptors (Lipinski definition) is 21. The zero-order valence-corrected chi connectivity index (χ0v) is 75.1. The van der Waals surface area contributed by atoms with Crippen molar-refractivity contribution in [1.29, 1.82) is 0 Å². The lowest BCUT2D eigenvalue weighted by Gasteiger charge is -2.36. The first-order valence-corrected chi connectivity index (χ1v) is 40.1. The highest BCUT2D eigenvalue weighted by atomic mass is 16.4. The fourth-order valence-electron chi connectivity index (χ4n) is 11.7. The molecule has 19 amide bonds. The molecule has 1 saturated heterocycles. The standard InChI is InChI=1S/C79H137N19O22/c1-39(2)36-48(59(109)94-78(25,26)68(118)96-75(19,20)66(116)86-46(32-34-53(102)103)57(107)85-50(38-99)41(5)6)84-61(111)51-30-29-35-98(51)70(120)79(27,28)97-69(119)76(21,22)91-55(105)43(8)81-54(104)42(7)82-63(113)74(17,18)95-67(117)77(23,24)92-58(108)47(31-33-52(80)101)87-64(114)73(15,16)93-60(110)49(37-40(3)4)88-65(115)72(13,14)90-56(106)44(9)83-62(112)71(11,12)89-45(10)100/h39-44,46-51,99H,29-38H2,1-28H3,(H2,80,101)(H,81,104)(H,82,113)(H,83,112)(H,84,111)(H,85,107)(H,86,116)(H,87,114)(H,88,115)(H,89,100)(H,90,106)(H,91,105)(H,92,108)(H,93,110)(H,94,109)(H,95,117)(H,96,118)(H,97,119)(H,102,103)/t42-,43-,44-,46-,47-,48-,49-,50?,51-/m0/s1. The predicted molar refractivity (Wildman–Crippen MR) is 439 cm³/mol. The number of amides is 19. The summed E-state index contributed by atoms with van der Waals surface area (Å²) in [6, 6.07) is -11.4. The number of carbonyl (C=O) groups is 20. The van der Waals surface area contributed by atoms with Gasteiger partial charge in [-0.05, 0) is 202 Å². The van der Waals surface area contributed by atoms with Crippen molar-refractivity contribution in [3.8, 4) is 0 Å². The Morgan fingerprint density at radius 1 is 0.358 bits per heavy atom. The molecule has 0 bridgehead atoms. The minimum atomic E-state index is -1.90. The number of primary amides is 1. The van der Waals surface area contributed by atoms with Crippen LogP contribution in [0.2, 0.25) is 0 Å². The lowest BCUT2D eigenvalue weighted by Crippen LogP contribution is -2.66. The van der Waals surface area contributed by atoms with E-state index in [0.717, 1.165) is 0 Å². The molecule has 120 heavy (non-hydrogen) atoms. The Kier molecular flexibility index (Phi) is 39.0. The molecule has 1 aliphatic heterocycles. The van der Waals surface area contributed by atoms with E-state index in [9.17, 15) is 106 Å². The molecule has 680 valence electrons. The molecule has 1 aliphatic rings. The zero-order valence-electron chi connectivity index (χ0n) is 75.1. The Labute approximate surface area is 702 Å². The molecular formula is C79H137N19O22. The van der Waals surface area contributed by atoms with Crippen LogP contribution in [-0.2, 0) is 95.9 Å². The van der Waals surface area contributed by atoms with E-state index in [2.05, 4.69) is 90.4 Å². The maximum atomic E-state index is 14.4. The van der Waals surface area contributed by atoms with Gasteiger partial charge in [0, 0.05) is 26.3 Å². The summed E-state index contributed by atoms with van der Waals surface area (Å²) < 4.78 is 0. The molecular weight excluding hydrogens is 1570 g/mol. The van der Waals surface area contributed by atoms with E-state index in [0.29, 0.717) is 6.42 Å². The Morgan fingerprint density at radius 2 is 0.667 bits per heavy atom. The number of hydrogen-bond donors (Lipinski definition) is 20. The van der Waals surface area contributed by atoms with Crippen molar-refractivity contribution < 1.29 is 106 Å². The number of nitrogens with two attached hydrogens (primary N) is 1. The van der Waals surface area contributed by atoms with Gasteiger partial charge in [-0.2, -0.15) is 0 Å². The minimum absolute atomic E-state index is 0.0254. The number of carboxylic acid groups (broad SMARTS) is 1. The molecule has 0 aromatic carbocycles. The highest BCUT2D eigenvalue weighted by Gasteiger charge is 2.48. The van der Waals surface area contributed by atoms with Gasteiger partial charge in [0.05, 0.1) is 12.6 Å². The highest BCUT2D eigenvalue weighted by molar-refractivity contribution is 6.04. The van der Waals surface area contributed by atoms with Gasteiger partial charge in [0.1, 0.15) is 98.2 Å². The Bertz CT molecular complexity index is 3830. The minimum Gasteiger partial charge on any atom is -0.481 e. The fraction of sp³-hybridized carbons (Fsp3) is 0.747. The predicted octanol–water partition coefficient (Wildman–Crippen LogP) is -3.14. The summed E-state index contributed by atoms with van der Waals surface area (Å²) in [5.41, 5.74) is -10.3. The molecule has 0 saturated carbocycles. The summed E-state index contributed by atoms with van der Waals surface area (Å²) in [6.07, 6.45) is -1.15. The largest absolute Gasteiger partial charge is 0.481 e. The number of aliphatic carboxylic acids is 1. The lowest BCUT2D eigenvalue weighted by atomic mass is 9.96. The van der Waals surface area contributed by atoms with Gasteiger partial charge in [0.15, 0.2) is 0 Å². The molecule has 0 aromatic rings. The summed E-state index contributed by atoms with van der Waals surface area (Å²) in [5, 5.41) is 62.3. The molecule has 1 fully saturated rings. The van der Waals surface area contributed by atoms with E-state index in [1.165, 1.54) is 157 Å². The first kappa shape index (κ1) is 107. The van der Waals surface area contributed by atoms with Gasteiger partial charge in [0.25, 0.3) is 0 Å². The van der Waals surface area contributed by atoms with Crippen LogP contribution in [-0.4, -0.2) is 251 Å². The van der Waals surface area contributed by atoms with Crippen molar-refractivity contribution in [1.82, 2.24) is 95.3 Å². The number of aliphatic hydroxyl groups excluding tert-OH is 1. The molecule has 1 unspecified atom stereocenters. The Morgan fingerprint density at radius 3 is 1.03 bits per heavy atom. The molecule has 0 radical (unpaired) electrons. The van der Waals surface area contributed by atoms with Crippen LogP contribution in [0.25, 0.3) is 0 Å². The van der Waals surface area contributed by atoms with Gasteiger partial charge in [-0.25, -0.2) is 0 Å². The third kappa shape index (κ3) is 33.5. The van der Waals surface area contributed by atoms with E-state index in [1.54, 1.807) is 41.5 Å². The number of nitrogens with one attached hydrogen (secondary N) is 17. The van der Waals surface area contributed by atoms with Gasteiger partial charge in [-0.15, -0.1) is 0 Å². The van der Waals surface area contributed by atoms with Crippen LogP contribution in [0, 0.1) is 17.8 Å². The first-order chi connectivity index (χ1) is 54.3. The second kappa shape index (κ2) is 43.5. The fourth-order valence-corrected chi connectivity index (χ4v) is 11.7. The SMILES string of the molecule is CC(=O)NC(C)(C)C(=O)N[C@@H](C)C(=O)NC(C)(C)C(=O)N[C@@H](CC(C)C)C(=O)NC(C)(C)C(=O)N[C@@H](CCC(N)=O)C(=O)NC(C)(C)C(=O)NC(C)(C)C(=O)N[C@@H](C)C(=O)N[C@@H](C)C(=O)NC(C)(C)C(=O)NC(C)(C)C(=O)N1CCC[C@H]1C(=O)N[C@@H](CC(C)C)C(=O)NC(C)(C)C(=O)NC(C)(C)C(=O)N[C@@H](CCC(=O)O)C(=O)NC(CO)C(C)C. The van der Waals surface area contributed by atoms with Gasteiger partial charge in [-0.1, -0.05) is 41.5 Å². The van der Waals surface area contributed by atoms with Gasteiger partial charge >= 0.3 is 5.97 Å². The molecule has 41 heteroatoms. The van der Waals surface area contributed by atoms with Crippen molar-refractivity contribution in [2.75, 3.05) is 13.2 Å². The van der Waals surface area contributed by atoms with E-state index < -0.39 is 248 Å². The monoisotopic (exact) mass is 1700 g/mol. The second-order valence-corrected chi connectivity index (χ2v) is 36.8. The number of carboxylic acids is 1. The summed E-state index contributed by atoms with van der Waals surface area (Å²) in [5.74, 6) is -17.8. The summed E-state index contributed by atoms with van der Waals surface area (Å²) in [6.45, 7) is 39.2. The summed E-state index contributed by atoms with van der Waals surface area (Å²) in [7, 11) is 0. The van der Waals surface area contributed by atoms with E-state index in [4.69, 9.17) is 5.73 Å². The maximum absolute atomic E-state index is 14.4. The molecule has 0 aliphatic carbocycles. The topological polar surface area (TPSA) is 616 Å². The molecule has 9 atom stereocenters. The molecule has 1 heterocycles. The van der Waals surface area contributed by atoms with Gasteiger partial charge in [0.2, 0.25) is 112 Å².